The molecule has 2 rings (SSSR count). The maximum absolute atomic E-state index is 11.0. The zero-order valence-corrected chi connectivity index (χ0v) is 10.1. The first-order valence-electron chi connectivity index (χ1n) is 5.09. The molecule has 0 spiro atoms. The third kappa shape index (κ3) is 1.85. The van der Waals surface area contributed by atoms with Crippen molar-refractivity contribution < 1.29 is 4.79 Å². The summed E-state index contributed by atoms with van der Waals surface area (Å²) >= 11 is 2.58. The number of alkyl halides is 1. The second kappa shape index (κ2) is 3.75. The summed E-state index contributed by atoms with van der Waals surface area (Å²) in [5, 5.41) is 3.09. The Kier molecular flexibility index (Phi) is 2.81. The van der Waals surface area contributed by atoms with Crippen LogP contribution in [-0.2, 0) is 4.79 Å². The van der Waals surface area contributed by atoms with Crippen LogP contribution in [0.3, 0.4) is 0 Å². The number of carbonyl (C=O) groups excluding carboxylic acids is 1. The minimum absolute atomic E-state index is 0.141. The summed E-state index contributed by atoms with van der Waals surface area (Å²) in [6.07, 6.45) is 5.20. The zero-order chi connectivity index (χ0) is 9.42. The van der Waals surface area contributed by atoms with Crippen LogP contribution in [-0.4, -0.2) is 15.9 Å². The summed E-state index contributed by atoms with van der Waals surface area (Å²) in [4.78, 5) is 11.0. The SMILES string of the molecule is CC(=O)NC1CC[C@@H]2C(I)CC[C@H]12. The summed E-state index contributed by atoms with van der Waals surface area (Å²) in [5.41, 5.74) is 0. The lowest BCUT2D eigenvalue weighted by molar-refractivity contribution is -0.119. The first-order valence-corrected chi connectivity index (χ1v) is 6.34. The fraction of sp³-hybridized carbons (Fsp3) is 0.900. The second-order valence-corrected chi connectivity index (χ2v) is 5.91. The molecule has 0 aromatic rings. The number of hydrogen-bond acceptors (Lipinski definition) is 1. The van der Waals surface area contributed by atoms with E-state index in [9.17, 15) is 4.79 Å². The monoisotopic (exact) mass is 293 g/mol. The van der Waals surface area contributed by atoms with E-state index in [-0.39, 0.29) is 5.91 Å². The Bertz CT molecular complexity index is 219. The van der Waals surface area contributed by atoms with Gasteiger partial charge in [0, 0.05) is 16.9 Å². The van der Waals surface area contributed by atoms with Gasteiger partial charge in [-0.1, -0.05) is 22.6 Å². The molecule has 0 aromatic heterocycles. The maximum Gasteiger partial charge on any atom is 0.217 e. The van der Waals surface area contributed by atoms with Crippen molar-refractivity contribution in [1.82, 2.24) is 5.32 Å². The highest BCUT2D eigenvalue weighted by atomic mass is 127. The molecule has 0 aromatic carbocycles. The fourth-order valence-corrected chi connectivity index (χ4v) is 4.22. The highest BCUT2D eigenvalue weighted by Crippen LogP contribution is 2.47. The van der Waals surface area contributed by atoms with Crippen molar-refractivity contribution in [3.05, 3.63) is 0 Å². The number of hydrogen-bond donors (Lipinski definition) is 1. The van der Waals surface area contributed by atoms with E-state index in [0.29, 0.717) is 6.04 Å². The van der Waals surface area contributed by atoms with Gasteiger partial charge in [-0.05, 0) is 37.5 Å². The summed E-state index contributed by atoms with van der Waals surface area (Å²) < 4.78 is 0.862. The second-order valence-electron chi connectivity index (χ2n) is 4.31. The maximum atomic E-state index is 11.0. The van der Waals surface area contributed by atoms with Crippen molar-refractivity contribution in [2.75, 3.05) is 0 Å². The standard InChI is InChI=1S/C10H16INO/c1-6(13)12-10-5-3-7-8(10)2-4-9(7)11/h7-10H,2-5H2,1H3,(H,12,13)/t7-,8-,9?,10?/m0/s1. The number of amides is 1. The lowest BCUT2D eigenvalue weighted by Crippen LogP contribution is -2.36. The number of rotatable bonds is 1. The van der Waals surface area contributed by atoms with E-state index < -0.39 is 0 Å². The van der Waals surface area contributed by atoms with Crippen LogP contribution in [0.25, 0.3) is 0 Å². The molecule has 0 saturated heterocycles. The van der Waals surface area contributed by atoms with Gasteiger partial charge in [0.25, 0.3) is 0 Å². The molecule has 2 aliphatic carbocycles. The quantitative estimate of drug-likeness (QED) is 0.582. The van der Waals surface area contributed by atoms with Gasteiger partial charge in [0.05, 0.1) is 0 Å². The van der Waals surface area contributed by atoms with Crippen LogP contribution in [0.2, 0.25) is 0 Å². The number of carbonyl (C=O) groups is 1. The van der Waals surface area contributed by atoms with E-state index in [1.807, 2.05) is 0 Å². The minimum atomic E-state index is 0.141. The van der Waals surface area contributed by atoms with E-state index in [2.05, 4.69) is 27.9 Å². The van der Waals surface area contributed by atoms with Gasteiger partial charge in [-0.3, -0.25) is 4.79 Å². The van der Waals surface area contributed by atoms with Gasteiger partial charge >= 0.3 is 0 Å². The Labute approximate surface area is 93.0 Å². The van der Waals surface area contributed by atoms with E-state index in [1.165, 1.54) is 25.7 Å². The molecule has 2 nitrogen and oxygen atoms in total. The molecule has 13 heavy (non-hydrogen) atoms. The van der Waals surface area contributed by atoms with E-state index >= 15 is 0 Å². The first-order chi connectivity index (χ1) is 6.18. The van der Waals surface area contributed by atoms with Gasteiger partial charge < -0.3 is 5.32 Å². The Hall–Kier alpha value is 0.200. The Morgan fingerprint density at radius 3 is 2.62 bits per heavy atom. The predicted octanol–water partition coefficient (Wildman–Crippen LogP) is 2.11. The Morgan fingerprint density at radius 2 is 1.92 bits per heavy atom. The molecule has 0 bridgehead atoms. The highest BCUT2D eigenvalue weighted by molar-refractivity contribution is 14.1. The van der Waals surface area contributed by atoms with Crippen LogP contribution < -0.4 is 5.32 Å². The minimum Gasteiger partial charge on any atom is -0.353 e. The van der Waals surface area contributed by atoms with Gasteiger partial charge in [-0.25, -0.2) is 0 Å². The average Bonchev–Trinajstić information content (AvgIpc) is 2.56. The average molecular weight is 293 g/mol. The van der Waals surface area contributed by atoms with Gasteiger partial charge in [0.1, 0.15) is 0 Å². The number of halogens is 1. The molecule has 2 fully saturated rings. The van der Waals surface area contributed by atoms with Gasteiger partial charge in [-0.15, -0.1) is 0 Å². The number of fused-ring (bicyclic) bond motifs is 1. The highest BCUT2D eigenvalue weighted by Gasteiger charge is 2.43. The van der Waals surface area contributed by atoms with Crippen LogP contribution in [0, 0.1) is 11.8 Å². The van der Waals surface area contributed by atoms with Crippen LogP contribution >= 0.6 is 22.6 Å². The lowest BCUT2D eigenvalue weighted by Gasteiger charge is -2.19. The predicted molar refractivity (Wildman–Crippen MR) is 60.9 cm³/mol. The van der Waals surface area contributed by atoms with Crippen molar-refractivity contribution in [2.45, 2.75) is 42.6 Å². The molecule has 3 heteroatoms. The van der Waals surface area contributed by atoms with Crippen molar-refractivity contribution in [2.24, 2.45) is 11.8 Å². The topological polar surface area (TPSA) is 29.1 Å². The Morgan fingerprint density at radius 1 is 1.23 bits per heavy atom. The largest absolute Gasteiger partial charge is 0.353 e. The smallest absolute Gasteiger partial charge is 0.217 e. The normalized spacial score (nSPS) is 43.2. The third-order valence-corrected chi connectivity index (χ3v) is 5.05. The number of nitrogens with one attached hydrogen (secondary N) is 1. The third-order valence-electron chi connectivity index (χ3n) is 3.51. The summed E-state index contributed by atoms with van der Waals surface area (Å²) in [6.45, 7) is 1.63. The van der Waals surface area contributed by atoms with Crippen molar-refractivity contribution >= 4 is 28.5 Å². The van der Waals surface area contributed by atoms with Crippen LogP contribution in [0.5, 0.6) is 0 Å². The molecule has 0 heterocycles. The molecule has 2 unspecified atom stereocenters. The zero-order valence-electron chi connectivity index (χ0n) is 7.92. The van der Waals surface area contributed by atoms with Crippen LogP contribution in [0.1, 0.15) is 32.6 Å². The molecular formula is C10H16INO. The van der Waals surface area contributed by atoms with Crippen LogP contribution in [0.4, 0.5) is 0 Å². The molecular weight excluding hydrogens is 277 g/mol. The lowest BCUT2D eigenvalue weighted by atomic mass is 9.98. The molecule has 2 aliphatic rings. The van der Waals surface area contributed by atoms with E-state index in [1.54, 1.807) is 6.92 Å². The van der Waals surface area contributed by atoms with Crippen molar-refractivity contribution in [3.8, 4) is 0 Å². The van der Waals surface area contributed by atoms with Crippen molar-refractivity contribution in [1.29, 1.82) is 0 Å². The molecule has 2 saturated carbocycles. The molecule has 1 amide bonds. The fourth-order valence-electron chi connectivity index (χ4n) is 2.97. The molecule has 74 valence electrons. The van der Waals surface area contributed by atoms with E-state index in [0.717, 1.165) is 15.8 Å². The summed E-state index contributed by atoms with van der Waals surface area (Å²) in [6, 6.07) is 0.488. The van der Waals surface area contributed by atoms with Gasteiger partial charge in [-0.2, -0.15) is 0 Å². The molecule has 4 atom stereocenters. The van der Waals surface area contributed by atoms with Gasteiger partial charge in [0.2, 0.25) is 5.91 Å². The van der Waals surface area contributed by atoms with Crippen LogP contribution in [0.15, 0.2) is 0 Å². The summed E-state index contributed by atoms with van der Waals surface area (Å²) in [5.74, 6) is 1.81. The molecule has 0 radical (unpaired) electrons. The Balaban J connectivity index is 1.98. The molecule has 1 N–H and O–H groups in total. The van der Waals surface area contributed by atoms with Gasteiger partial charge in [0.15, 0.2) is 0 Å². The first kappa shape index (κ1) is 9.74. The van der Waals surface area contributed by atoms with Crippen molar-refractivity contribution in [3.63, 3.8) is 0 Å². The van der Waals surface area contributed by atoms with E-state index in [4.69, 9.17) is 0 Å². The summed E-state index contributed by atoms with van der Waals surface area (Å²) in [7, 11) is 0. The molecule has 0 aliphatic heterocycles.